The summed E-state index contributed by atoms with van der Waals surface area (Å²) >= 11 is 0. The van der Waals surface area contributed by atoms with E-state index in [4.69, 9.17) is 9.47 Å². The summed E-state index contributed by atoms with van der Waals surface area (Å²) in [6.07, 6.45) is 0. The first-order chi connectivity index (χ1) is 9.07. The van der Waals surface area contributed by atoms with Crippen molar-refractivity contribution in [3.05, 3.63) is 47.5 Å². The Bertz CT molecular complexity index is 586. The highest BCUT2D eigenvalue weighted by Gasteiger charge is 2.35. The minimum Gasteiger partial charge on any atom is -0.497 e. The van der Waals surface area contributed by atoms with Crippen LogP contribution in [0, 0.1) is 0 Å². The fraction of sp³-hybridized carbons (Fsp3) is 0.294. The van der Waals surface area contributed by atoms with Crippen molar-refractivity contribution in [3.63, 3.8) is 0 Å². The Morgan fingerprint density at radius 1 is 0.737 bits per heavy atom. The lowest BCUT2D eigenvalue weighted by Crippen LogP contribution is -2.14. The fourth-order valence-corrected chi connectivity index (χ4v) is 2.98. The third-order valence-corrected chi connectivity index (χ3v) is 4.09. The molecule has 0 aromatic heterocycles. The lowest BCUT2D eigenvalue weighted by molar-refractivity contribution is 0.414. The van der Waals surface area contributed by atoms with Crippen LogP contribution in [0.3, 0.4) is 0 Å². The summed E-state index contributed by atoms with van der Waals surface area (Å²) in [4.78, 5) is 0. The molecule has 0 N–H and O–H groups in total. The van der Waals surface area contributed by atoms with Crippen molar-refractivity contribution in [1.29, 1.82) is 0 Å². The Morgan fingerprint density at radius 3 is 1.53 bits per heavy atom. The minimum absolute atomic E-state index is 0.0310. The Labute approximate surface area is 114 Å². The van der Waals surface area contributed by atoms with Crippen LogP contribution in [-0.4, -0.2) is 14.2 Å². The zero-order chi connectivity index (χ0) is 13.6. The van der Waals surface area contributed by atoms with E-state index in [1.807, 2.05) is 12.1 Å². The molecule has 0 fully saturated rings. The van der Waals surface area contributed by atoms with Crippen LogP contribution in [0.4, 0.5) is 0 Å². The molecule has 0 aliphatic heterocycles. The van der Waals surface area contributed by atoms with Crippen molar-refractivity contribution in [3.8, 4) is 22.6 Å². The number of hydrogen-bond acceptors (Lipinski definition) is 2. The van der Waals surface area contributed by atoms with Gasteiger partial charge in [-0.2, -0.15) is 0 Å². The van der Waals surface area contributed by atoms with Crippen molar-refractivity contribution in [1.82, 2.24) is 0 Å². The van der Waals surface area contributed by atoms with Gasteiger partial charge in [0.2, 0.25) is 0 Å². The lowest BCUT2D eigenvalue weighted by atomic mass is 9.82. The number of rotatable bonds is 2. The van der Waals surface area contributed by atoms with Crippen LogP contribution in [-0.2, 0) is 5.41 Å². The van der Waals surface area contributed by atoms with Crippen LogP contribution in [0.2, 0.25) is 0 Å². The van der Waals surface area contributed by atoms with E-state index in [1.54, 1.807) is 14.2 Å². The summed E-state index contributed by atoms with van der Waals surface area (Å²) in [5.41, 5.74) is 5.22. The smallest absolute Gasteiger partial charge is 0.119 e. The van der Waals surface area contributed by atoms with Crippen molar-refractivity contribution < 1.29 is 9.47 Å². The zero-order valence-corrected chi connectivity index (χ0v) is 11.8. The van der Waals surface area contributed by atoms with Gasteiger partial charge in [-0.25, -0.2) is 0 Å². The standard InChI is InChI=1S/C17H18O2/c1-17(2)15-7-5-11(18-3)9-13(15)14-10-12(19-4)6-8-16(14)17/h5-10H,1-4H3. The SMILES string of the molecule is COc1ccc2c(c1)-c1cc(OC)ccc1C2(C)C. The van der Waals surface area contributed by atoms with E-state index in [0.29, 0.717) is 0 Å². The van der Waals surface area contributed by atoms with Gasteiger partial charge in [-0.1, -0.05) is 26.0 Å². The van der Waals surface area contributed by atoms with E-state index in [9.17, 15) is 0 Å². The van der Waals surface area contributed by atoms with Gasteiger partial charge in [0.25, 0.3) is 0 Å². The van der Waals surface area contributed by atoms with Gasteiger partial charge in [-0.15, -0.1) is 0 Å². The van der Waals surface area contributed by atoms with E-state index >= 15 is 0 Å². The molecule has 0 spiro atoms. The van der Waals surface area contributed by atoms with Crippen LogP contribution >= 0.6 is 0 Å². The second-order valence-electron chi connectivity index (χ2n) is 5.45. The predicted octanol–water partition coefficient (Wildman–Crippen LogP) is 4.01. The van der Waals surface area contributed by atoms with Gasteiger partial charge >= 0.3 is 0 Å². The van der Waals surface area contributed by atoms with E-state index in [1.165, 1.54) is 22.3 Å². The summed E-state index contributed by atoms with van der Waals surface area (Å²) in [6, 6.07) is 12.6. The van der Waals surface area contributed by atoms with Crippen LogP contribution < -0.4 is 9.47 Å². The molecule has 2 aromatic rings. The van der Waals surface area contributed by atoms with E-state index in [2.05, 4.69) is 38.1 Å². The molecule has 0 radical (unpaired) electrons. The van der Waals surface area contributed by atoms with Gasteiger partial charge in [0, 0.05) is 5.41 Å². The van der Waals surface area contributed by atoms with Gasteiger partial charge in [-0.05, 0) is 46.5 Å². The molecule has 0 atom stereocenters. The summed E-state index contributed by atoms with van der Waals surface area (Å²) in [6.45, 7) is 4.52. The number of fused-ring (bicyclic) bond motifs is 3. The molecule has 98 valence electrons. The van der Waals surface area contributed by atoms with E-state index < -0.39 is 0 Å². The van der Waals surface area contributed by atoms with Gasteiger partial charge in [0.1, 0.15) is 11.5 Å². The van der Waals surface area contributed by atoms with Crippen molar-refractivity contribution in [2.24, 2.45) is 0 Å². The highest BCUT2D eigenvalue weighted by atomic mass is 16.5. The lowest BCUT2D eigenvalue weighted by Gasteiger charge is -2.21. The molecule has 0 saturated heterocycles. The maximum Gasteiger partial charge on any atom is 0.119 e. The van der Waals surface area contributed by atoms with Crippen LogP contribution in [0.25, 0.3) is 11.1 Å². The normalized spacial score (nSPS) is 14.7. The topological polar surface area (TPSA) is 18.5 Å². The summed E-state index contributed by atoms with van der Waals surface area (Å²) < 4.78 is 10.7. The molecule has 2 heteroatoms. The molecule has 1 aliphatic carbocycles. The molecule has 2 aromatic carbocycles. The first-order valence-corrected chi connectivity index (χ1v) is 6.45. The van der Waals surface area contributed by atoms with Crippen molar-refractivity contribution in [2.75, 3.05) is 14.2 Å². The third kappa shape index (κ3) is 1.63. The molecule has 3 rings (SSSR count). The molecule has 19 heavy (non-hydrogen) atoms. The summed E-state index contributed by atoms with van der Waals surface area (Å²) in [5, 5.41) is 0. The van der Waals surface area contributed by atoms with Crippen molar-refractivity contribution in [2.45, 2.75) is 19.3 Å². The minimum atomic E-state index is 0.0310. The molecular weight excluding hydrogens is 236 g/mol. The zero-order valence-electron chi connectivity index (χ0n) is 11.8. The number of ether oxygens (including phenoxy) is 2. The Hall–Kier alpha value is -1.96. The van der Waals surface area contributed by atoms with Gasteiger partial charge in [0.05, 0.1) is 14.2 Å². The predicted molar refractivity (Wildman–Crippen MR) is 77.1 cm³/mol. The Morgan fingerprint density at radius 2 is 1.16 bits per heavy atom. The average molecular weight is 254 g/mol. The molecule has 1 aliphatic rings. The maximum atomic E-state index is 5.35. The number of benzene rings is 2. The van der Waals surface area contributed by atoms with Crippen LogP contribution in [0.5, 0.6) is 11.5 Å². The molecule has 0 bridgehead atoms. The molecule has 0 amide bonds. The Balaban J connectivity index is 2.29. The first-order valence-electron chi connectivity index (χ1n) is 6.45. The van der Waals surface area contributed by atoms with E-state index in [0.717, 1.165) is 11.5 Å². The maximum absolute atomic E-state index is 5.35. The summed E-state index contributed by atoms with van der Waals surface area (Å²) in [7, 11) is 3.41. The average Bonchev–Trinajstić information content (AvgIpc) is 2.66. The van der Waals surface area contributed by atoms with Gasteiger partial charge < -0.3 is 9.47 Å². The fourth-order valence-electron chi connectivity index (χ4n) is 2.98. The first kappa shape index (κ1) is 12.1. The quantitative estimate of drug-likeness (QED) is 0.806. The third-order valence-electron chi connectivity index (χ3n) is 4.09. The van der Waals surface area contributed by atoms with E-state index in [-0.39, 0.29) is 5.41 Å². The summed E-state index contributed by atoms with van der Waals surface area (Å²) in [5.74, 6) is 1.79. The second kappa shape index (κ2) is 4.02. The van der Waals surface area contributed by atoms with Gasteiger partial charge in [0.15, 0.2) is 0 Å². The number of methoxy groups -OCH3 is 2. The van der Waals surface area contributed by atoms with Crippen LogP contribution in [0.1, 0.15) is 25.0 Å². The molecular formula is C17H18O2. The molecule has 2 nitrogen and oxygen atoms in total. The Kier molecular flexibility index (Phi) is 2.56. The van der Waals surface area contributed by atoms with Gasteiger partial charge in [-0.3, -0.25) is 0 Å². The molecule has 0 heterocycles. The largest absolute Gasteiger partial charge is 0.497 e. The monoisotopic (exact) mass is 254 g/mol. The second-order valence-corrected chi connectivity index (χ2v) is 5.45. The molecule has 0 saturated carbocycles. The molecule has 0 unspecified atom stereocenters. The highest BCUT2D eigenvalue weighted by molar-refractivity contribution is 5.82. The van der Waals surface area contributed by atoms with Crippen molar-refractivity contribution >= 4 is 0 Å². The number of hydrogen-bond donors (Lipinski definition) is 0. The van der Waals surface area contributed by atoms with Crippen LogP contribution in [0.15, 0.2) is 36.4 Å². The highest BCUT2D eigenvalue weighted by Crippen LogP contribution is 2.50.